The summed E-state index contributed by atoms with van der Waals surface area (Å²) in [7, 11) is 4.45. The molecule has 0 rings (SSSR count). The van der Waals surface area contributed by atoms with Crippen molar-refractivity contribution in [2.45, 2.75) is 0 Å². The van der Waals surface area contributed by atoms with Crippen molar-refractivity contribution in [3.05, 3.63) is 0 Å². The molecule has 33 valence electrons. The summed E-state index contributed by atoms with van der Waals surface area (Å²) in [6.07, 6.45) is 0. The summed E-state index contributed by atoms with van der Waals surface area (Å²) in [5.41, 5.74) is 0. The summed E-state index contributed by atoms with van der Waals surface area (Å²) in [6.45, 7) is 0. The molecular weight excluding hydrogens is 208 g/mol. The Bertz CT molecular complexity index is 8.00. The second kappa shape index (κ2) is 21.3. The van der Waals surface area contributed by atoms with E-state index in [9.17, 15) is 0 Å². The molecule has 0 nitrogen and oxygen atoms in total. The van der Waals surface area contributed by atoms with Gasteiger partial charge >= 0.3 is 25.2 Å². The van der Waals surface area contributed by atoms with Crippen LogP contribution in [0, 0.1) is 0 Å². The molecule has 0 heterocycles. The molecule has 4 heteroatoms. The Balaban J connectivity index is -0.00000000500. The van der Waals surface area contributed by atoms with Gasteiger partial charge in [0.05, 0.1) is 0 Å². The fourth-order valence-electron chi connectivity index (χ4n) is 0. The fourth-order valence-corrected chi connectivity index (χ4v) is 0. The van der Waals surface area contributed by atoms with Gasteiger partial charge in [-0.2, -0.15) is 0 Å². The first kappa shape index (κ1) is 17.0. The Labute approximate surface area is 58.2 Å². The molecule has 0 N–H and O–H groups in total. The quantitative estimate of drug-likeness (QED) is 0.513. The van der Waals surface area contributed by atoms with Crippen molar-refractivity contribution in [2.75, 3.05) is 0 Å². The maximum absolute atomic E-state index is 4.45. The van der Waals surface area contributed by atoms with Crippen LogP contribution in [0.3, 0.4) is 0 Å². The molecule has 0 bridgehead atoms. The summed E-state index contributed by atoms with van der Waals surface area (Å²) in [5, 5.41) is 0. The van der Waals surface area contributed by atoms with Gasteiger partial charge in [-0.3, -0.25) is 0 Å². The Hall–Kier alpha value is 1.81. The van der Waals surface area contributed by atoms with Gasteiger partial charge in [0.25, 0.3) is 0 Å². The Kier molecular flexibility index (Phi) is 90.7. The van der Waals surface area contributed by atoms with Crippen molar-refractivity contribution in [1.82, 2.24) is 0 Å². The standard InChI is InChI=1S/ClH.Co.Mn.Ni/h1H;;;/q;;+1;/p-1. The van der Waals surface area contributed by atoms with E-state index in [4.69, 9.17) is 0 Å². The molecule has 0 spiro atoms. The molecule has 0 unspecified atom stereocenters. The molecule has 0 saturated heterocycles. The van der Waals surface area contributed by atoms with Gasteiger partial charge in [0.1, 0.15) is 0 Å². The first-order chi connectivity index (χ1) is 1.00. The number of rotatable bonds is 0. The summed E-state index contributed by atoms with van der Waals surface area (Å²) >= 11 is 2.41. The molecule has 4 heavy (non-hydrogen) atoms. The van der Waals surface area contributed by atoms with Gasteiger partial charge in [0.2, 0.25) is 0 Å². The zero-order valence-electron chi connectivity index (χ0n) is 1.41. The summed E-state index contributed by atoms with van der Waals surface area (Å²) in [5.74, 6) is 0. The van der Waals surface area contributed by atoms with E-state index < -0.39 is 0 Å². The average molecular weight is 208 g/mol. The van der Waals surface area contributed by atoms with Crippen molar-refractivity contribution in [3.8, 4) is 0 Å². The van der Waals surface area contributed by atoms with Gasteiger partial charge in [-0.25, -0.2) is 0 Å². The molecule has 0 aromatic rings. The van der Waals surface area contributed by atoms with Gasteiger partial charge in [-0.1, -0.05) is 0 Å². The Morgan fingerprint density at radius 2 is 1.25 bits per heavy atom. The molecule has 0 aliphatic carbocycles. The molecule has 0 aromatic heterocycles. The average Bonchev–Trinajstić information content (AvgIpc) is 1.00. The summed E-state index contributed by atoms with van der Waals surface area (Å²) in [4.78, 5) is 0. The van der Waals surface area contributed by atoms with Gasteiger partial charge in [-0.15, -0.1) is 0 Å². The maximum Gasteiger partial charge on any atom is 0 e. The molecule has 1 radical (unpaired) electrons. The SMILES string of the molecule is [Cl][Mn].[Co].[Ni]. The second-order valence-corrected chi connectivity index (χ2v) is 0. The van der Waals surface area contributed by atoms with E-state index in [1.165, 1.54) is 0 Å². The molecule has 0 aliphatic rings. The summed E-state index contributed by atoms with van der Waals surface area (Å²) < 4.78 is 0. The maximum atomic E-state index is 4.45. The third kappa shape index (κ3) is 9.18. The van der Waals surface area contributed by atoms with Gasteiger partial charge in [0, 0.05) is 33.3 Å². The van der Waals surface area contributed by atoms with Crippen molar-refractivity contribution in [3.63, 3.8) is 0 Å². The van der Waals surface area contributed by atoms with E-state index in [0.717, 1.165) is 0 Å². The van der Waals surface area contributed by atoms with Gasteiger partial charge in [0.15, 0.2) is 0 Å². The van der Waals surface area contributed by atoms with E-state index in [1.807, 2.05) is 0 Å². The van der Waals surface area contributed by atoms with E-state index in [2.05, 4.69) is 25.2 Å². The van der Waals surface area contributed by atoms with Crippen LogP contribution >= 0.6 is 10.1 Å². The van der Waals surface area contributed by atoms with Crippen LogP contribution in [0.1, 0.15) is 0 Å². The van der Waals surface area contributed by atoms with Crippen LogP contribution in [-0.4, -0.2) is 0 Å². The molecule has 0 aliphatic heterocycles. The van der Waals surface area contributed by atoms with Crippen molar-refractivity contribution in [1.29, 1.82) is 0 Å². The van der Waals surface area contributed by atoms with Crippen LogP contribution in [0.4, 0.5) is 0 Å². The Morgan fingerprint density at radius 1 is 1.25 bits per heavy atom. The van der Waals surface area contributed by atoms with E-state index in [0.29, 0.717) is 0 Å². The largest absolute Gasteiger partial charge is 0 e. The van der Waals surface area contributed by atoms with Crippen molar-refractivity contribution < 1.29 is 48.4 Å². The van der Waals surface area contributed by atoms with Crippen LogP contribution in [0.5, 0.6) is 0 Å². The molecule has 0 aromatic carbocycles. The molecule has 0 atom stereocenters. The number of halogens is 1. The van der Waals surface area contributed by atoms with Crippen LogP contribution < -0.4 is 0 Å². The molecule has 0 amide bonds. The first-order valence-corrected chi connectivity index (χ1v) is 1.77. The molecule has 0 saturated carbocycles. The number of hydrogen-bond acceptors (Lipinski definition) is 0. The third-order valence-electron chi connectivity index (χ3n) is 0. The fraction of sp³-hybridized carbons (Fsp3) is 0. The predicted octanol–water partition coefficient (Wildman–Crippen LogP) is 0.682. The van der Waals surface area contributed by atoms with Gasteiger partial charge < -0.3 is 0 Å². The monoisotopic (exact) mass is 207 g/mol. The van der Waals surface area contributed by atoms with E-state index in [-0.39, 0.29) is 33.3 Å². The zero-order chi connectivity index (χ0) is 2.00. The zero-order valence-corrected chi connectivity index (χ0v) is 5.37. The minimum Gasteiger partial charge on any atom is 0 e. The van der Waals surface area contributed by atoms with Crippen LogP contribution in [0.25, 0.3) is 0 Å². The third-order valence-corrected chi connectivity index (χ3v) is 0. The van der Waals surface area contributed by atoms with Gasteiger partial charge in [-0.05, 0) is 0 Å². The Morgan fingerprint density at radius 3 is 1.25 bits per heavy atom. The van der Waals surface area contributed by atoms with Crippen LogP contribution in [-0.2, 0) is 48.4 Å². The number of hydrogen-bond donors (Lipinski definition) is 0. The minimum atomic E-state index is 0. The smallest absolute Gasteiger partial charge is 0 e. The predicted molar refractivity (Wildman–Crippen MR) is 5.85 cm³/mol. The van der Waals surface area contributed by atoms with E-state index >= 15 is 0 Å². The first-order valence-electron chi connectivity index (χ1n) is 0.143. The second-order valence-electron chi connectivity index (χ2n) is 0. The normalized spacial score (nSPS) is 1.50. The van der Waals surface area contributed by atoms with Crippen LogP contribution in [0.2, 0.25) is 0 Å². The van der Waals surface area contributed by atoms with Crippen molar-refractivity contribution in [2.24, 2.45) is 0 Å². The summed E-state index contributed by atoms with van der Waals surface area (Å²) in [6, 6.07) is 0. The minimum absolute atomic E-state index is 0. The van der Waals surface area contributed by atoms with E-state index in [1.54, 1.807) is 0 Å². The topological polar surface area (TPSA) is 0 Å². The molecular formula is ClCoMnNi. The molecule has 0 fully saturated rings. The van der Waals surface area contributed by atoms with Crippen LogP contribution in [0.15, 0.2) is 0 Å². The van der Waals surface area contributed by atoms with Crippen molar-refractivity contribution >= 4 is 10.1 Å².